The Kier molecular flexibility index (Phi) is 5.96. The van der Waals surface area contributed by atoms with Crippen LogP contribution in [0.15, 0.2) is 97.6 Å². The molecule has 5 aromatic rings. The van der Waals surface area contributed by atoms with Gasteiger partial charge in [-0.3, -0.25) is 10.1 Å². The van der Waals surface area contributed by atoms with Gasteiger partial charge < -0.3 is 10.3 Å². The number of fused-ring (bicyclic) bond motifs is 2. The minimum absolute atomic E-state index is 0.304. The molecular weight excluding hydrogens is 475 g/mol. The molecule has 38 heavy (non-hydrogen) atoms. The molecule has 3 aromatic heterocycles. The van der Waals surface area contributed by atoms with Crippen molar-refractivity contribution < 1.29 is 4.39 Å². The Morgan fingerprint density at radius 1 is 1.13 bits per heavy atom. The van der Waals surface area contributed by atoms with Crippen molar-refractivity contribution in [2.75, 3.05) is 0 Å². The van der Waals surface area contributed by atoms with Crippen LogP contribution >= 0.6 is 0 Å². The second-order valence-corrected chi connectivity index (χ2v) is 9.48. The van der Waals surface area contributed by atoms with Gasteiger partial charge in [-0.25, -0.2) is 9.37 Å². The average Bonchev–Trinajstić information content (AvgIpc) is 3.56. The second-order valence-electron chi connectivity index (χ2n) is 9.48. The zero-order chi connectivity index (χ0) is 26.2. The molecule has 1 fully saturated rings. The molecule has 0 atom stereocenters. The lowest BCUT2D eigenvalue weighted by atomic mass is 10.0. The molecule has 0 amide bonds. The third-order valence-electron chi connectivity index (χ3n) is 6.87. The lowest BCUT2D eigenvalue weighted by Gasteiger charge is -2.11. The van der Waals surface area contributed by atoms with Gasteiger partial charge in [-0.1, -0.05) is 37.4 Å². The number of aromatic amines is 2. The maximum Gasteiger partial charge on any atom is 0.159 e. The first kappa shape index (κ1) is 23.6. The number of rotatable bonds is 8. The van der Waals surface area contributed by atoms with E-state index >= 15 is 0 Å². The monoisotopic (exact) mass is 502 g/mol. The Labute approximate surface area is 219 Å². The average molecular weight is 503 g/mol. The number of hydrogen-bond acceptors (Lipinski definition) is 4. The summed E-state index contributed by atoms with van der Waals surface area (Å²) in [5.41, 5.74) is 8.58. The van der Waals surface area contributed by atoms with Crippen molar-refractivity contribution in [3.05, 3.63) is 109 Å². The van der Waals surface area contributed by atoms with Crippen molar-refractivity contribution in [2.24, 2.45) is 5.92 Å². The van der Waals surface area contributed by atoms with Crippen molar-refractivity contribution in [3.63, 3.8) is 0 Å². The zero-order valence-electron chi connectivity index (χ0n) is 21.1. The second kappa shape index (κ2) is 9.59. The Bertz CT molecular complexity index is 1770. The number of hydrogen-bond donors (Lipinski definition) is 3. The van der Waals surface area contributed by atoms with Crippen molar-refractivity contribution in [1.29, 1.82) is 0 Å². The van der Waals surface area contributed by atoms with Crippen molar-refractivity contribution in [2.45, 2.75) is 19.8 Å². The summed E-state index contributed by atoms with van der Waals surface area (Å²) in [6.07, 6.45) is 11.8. The van der Waals surface area contributed by atoms with Crippen LogP contribution in [0.25, 0.3) is 50.2 Å². The van der Waals surface area contributed by atoms with Gasteiger partial charge in [0.15, 0.2) is 5.82 Å². The third-order valence-corrected chi connectivity index (χ3v) is 6.87. The van der Waals surface area contributed by atoms with Gasteiger partial charge in [0, 0.05) is 28.5 Å². The highest BCUT2D eigenvalue weighted by atomic mass is 19.1. The molecule has 3 heterocycles. The number of aromatic nitrogens is 5. The first-order valence-electron chi connectivity index (χ1n) is 12.6. The summed E-state index contributed by atoms with van der Waals surface area (Å²) < 4.78 is 13.9. The molecule has 6 rings (SSSR count). The molecule has 1 aliphatic carbocycles. The van der Waals surface area contributed by atoms with E-state index in [1.165, 1.54) is 25.0 Å². The predicted octanol–water partition coefficient (Wildman–Crippen LogP) is 7.29. The maximum absolute atomic E-state index is 13.9. The lowest BCUT2D eigenvalue weighted by Crippen LogP contribution is -2.11. The fourth-order valence-corrected chi connectivity index (χ4v) is 4.65. The molecule has 0 aliphatic heterocycles. The van der Waals surface area contributed by atoms with Crippen molar-refractivity contribution >= 4 is 27.5 Å². The van der Waals surface area contributed by atoms with E-state index in [9.17, 15) is 4.39 Å². The molecule has 2 aromatic carbocycles. The molecule has 0 unspecified atom stereocenters. The highest BCUT2D eigenvalue weighted by Crippen LogP contribution is 2.35. The number of allylic oxidation sites excluding steroid dienone is 5. The Morgan fingerprint density at radius 2 is 2.00 bits per heavy atom. The van der Waals surface area contributed by atoms with E-state index in [1.54, 1.807) is 18.5 Å². The van der Waals surface area contributed by atoms with Gasteiger partial charge >= 0.3 is 0 Å². The molecule has 0 saturated heterocycles. The number of nitrogens with zero attached hydrogens (tertiary/aromatic N) is 3. The molecule has 1 aliphatic rings. The predicted molar refractivity (Wildman–Crippen MR) is 151 cm³/mol. The van der Waals surface area contributed by atoms with Gasteiger partial charge in [0.25, 0.3) is 0 Å². The number of benzene rings is 2. The molecule has 0 radical (unpaired) electrons. The van der Waals surface area contributed by atoms with Gasteiger partial charge in [-0.2, -0.15) is 5.10 Å². The number of pyridine rings is 1. The van der Waals surface area contributed by atoms with Crippen LogP contribution in [-0.2, 0) is 0 Å². The van der Waals surface area contributed by atoms with Crippen LogP contribution in [0.2, 0.25) is 0 Å². The van der Waals surface area contributed by atoms with Gasteiger partial charge in [-0.15, -0.1) is 0 Å². The van der Waals surface area contributed by atoms with Crippen LogP contribution in [0.4, 0.5) is 4.39 Å². The number of H-pyrrole nitrogens is 2. The van der Waals surface area contributed by atoms with Crippen LogP contribution in [0.3, 0.4) is 0 Å². The van der Waals surface area contributed by atoms with Gasteiger partial charge in [-0.05, 0) is 78.8 Å². The van der Waals surface area contributed by atoms with Crippen LogP contribution in [-0.4, -0.2) is 25.1 Å². The standard InChI is InChI=1S/C31H27FN6/c1-4-19(14-24(5-2)34-18(3)20-9-10-20)21-11-12-27-25(15-21)30(38-37-27)31-35-28-17-33-16-26(29(28)36-31)22-7-6-8-23(32)13-22/h4-8,11-17,20,34H,2-3,9-10H2,1H3,(H,35,36)(H,37,38)/b19-4+,24-14+. The third kappa shape index (κ3) is 4.43. The minimum atomic E-state index is -0.304. The SMILES string of the molecule is C=C/C(=C\C(=C/C)c1ccc2[nH]nc(-c3nc4c(-c5cccc(F)c5)cncc4[nH]3)c2c1)NC(=C)C1CC1. The van der Waals surface area contributed by atoms with Crippen LogP contribution in [0.1, 0.15) is 25.3 Å². The molecule has 3 N–H and O–H groups in total. The van der Waals surface area contributed by atoms with Crippen LogP contribution in [0, 0.1) is 11.7 Å². The fourth-order valence-electron chi connectivity index (χ4n) is 4.65. The van der Waals surface area contributed by atoms with Crippen LogP contribution in [0.5, 0.6) is 0 Å². The summed E-state index contributed by atoms with van der Waals surface area (Å²) in [7, 11) is 0. The summed E-state index contributed by atoms with van der Waals surface area (Å²) in [5.74, 6) is 0.861. The summed E-state index contributed by atoms with van der Waals surface area (Å²) in [6.45, 7) is 10.2. The first-order valence-corrected chi connectivity index (χ1v) is 12.6. The molecule has 1 saturated carbocycles. The Morgan fingerprint density at radius 3 is 2.76 bits per heavy atom. The van der Waals surface area contributed by atoms with E-state index in [0.29, 0.717) is 23.0 Å². The van der Waals surface area contributed by atoms with Gasteiger partial charge in [0.2, 0.25) is 0 Å². The molecular formula is C31H27FN6. The topological polar surface area (TPSA) is 82.3 Å². The number of halogens is 1. The van der Waals surface area contributed by atoms with E-state index < -0.39 is 0 Å². The summed E-state index contributed by atoms with van der Waals surface area (Å²) in [4.78, 5) is 12.5. The molecule has 7 heteroatoms. The van der Waals surface area contributed by atoms with Crippen molar-refractivity contribution in [3.8, 4) is 22.6 Å². The molecule has 0 bridgehead atoms. The van der Waals surface area contributed by atoms with Gasteiger partial charge in [0.05, 0.1) is 22.7 Å². The molecule has 0 spiro atoms. The van der Waals surface area contributed by atoms with E-state index in [-0.39, 0.29) is 5.82 Å². The zero-order valence-corrected chi connectivity index (χ0v) is 21.1. The van der Waals surface area contributed by atoms with E-state index in [1.807, 2.05) is 25.1 Å². The van der Waals surface area contributed by atoms with Crippen LogP contribution < -0.4 is 5.32 Å². The first-order chi connectivity index (χ1) is 18.5. The van der Waals surface area contributed by atoms with Crippen molar-refractivity contribution in [1.82, 2.24) is 30.5 Å². The summed E-state index contributed by atoms with van der Waals surface area (Å²) in [5, 5.41) is 12.0. The Hall–Kier alpha value is -4.78. The molecule has 6 nitrogen and oxygen atoms in total. The van der Waals surface area contributed by atoms with E-state index in [0.717, 1.165) is 50.1 Å². The van der Waals surface area contributed by atoms with Gasteiger partial charge in [0.1, 0.15) is 11.5 Å². The number of nitrogens with one attached hydrogen (secondary N) is 3. The highest BCUT2D eigenvalue weighted by molar-refractivity contribution is 5.98. The summed E-state index contributed by atoms with van der Waals surface area (Å²) in [6, 6.07) is 12.6. The maximum atomic E-state index is 13.9. The van der Waals surface area contributed by atoms with E-state index in [4.69, 9.17) is 4.98 Å². The largest absolute Gasteiger partial charge is 0.359 e. The lowest BCUT2D eigenvalue weighted by molar-refractivity contribution is 0.628. The highest BCUT2D eigenvalue weighted by Gasteiger charge is 2.24. The summed E-state index contributed by atoms with van der Waals surface area (Å²) >= 11 is 0. The fraction of sp³-hybridized carbons (Fsp3) is 0.129. The Balaban J connectivity index is 1.39. The normalized spacial score (nSPS) is 14.3. The smallest absolute Gasteiger partial charge is 0.159 e. The number of imidazole rings is 1. The molecule has 188 valence electrons. The van der Waals surface area contributed by atoms with E-state index in [2.05, 4.69) is 62.9 Å². The minimum Gasteiger partial charge on any atom is -0.359 e. The quantitative estimate of drug-likeness (QED) is 0.195.